The van der Waals surface area contributed by atoms with Gasteiger partial charge in [-0.25, -0.2) is 8.42 Å². The van der Waals surface area contributed by atoms with Gasteiger partial charge >= 0.3 is 0 Å². The van der Waals surface area contributed by atoms with Gasteiger partial charge in [-0.3, -0.25) is 0 Å². The number of hydrogen-bond donors (Lipinski definition) is 1. The zero-order chi connectivity index (χ0) is 12.5. The summed E-state index contributed by atoms with van der Waals surface area (Å²) in [5.74, 6) is 0. The van der Waals surface area contributed by atoms with Crippen LogP contribution in [-0.2, 0) is 16.4 Å². The van der Waals surface area contributed by atoms with Crippen molar-refractivity contribution in [3.63, 3.8) is 0 Å². The van der Waals surface area contributed by atoms with Crippen LogP contribution >= 0.6 is 0 Å². The predicted molar refractivity (Wildman–Crippen MR) is 67.3 cm³/mol. The molecule has 0 saturated carbocycles. The molecule has 1 aromatic carbocycles. The van der Waals surface area contributed by atoms with Gasteiger partial charge in [0.1, 0.15) is 0 Å². The Hall–Kier alpha value is -1.13. The Balaban J connectivity index is 2.49. The second kappa shape index (κ2) is 4.63. The first kappa shape index (κ1) is 12.3. The maximum absolute atomic E-state index is 11.4. The highest BCUT2D eigenvalue weighted by atomic mass is 32.2. The third-order valence-electron chi connectivity index (χ3n) is 3.06. The van der Waals surface area contributed by atoms with Crippen LogP contribution in [0.2, 0.25) is 0 Å². The highest BCUT2D eigenvalue weighted by Crippen LogP contribution is 2.31. The molecule has 1 N–H and O–H groups in total. The zero-order valence-electron chi connectivity index (χ0n) is 9.81. The fourth-order valence-corrected chi connectivity index (χ4v) is 2.83. The molecule has 0 heterocycles. The number of allylic oxidation sites excluding steroid dienone is 2. The van der Waals surface area contributed by atoms with E-state index in [1.54, 1.807) is 18.2 Å². The Labute approximate surface area is 102 Å². The summed E-state index contributed by atoms with van der Waals surface area (Å²) in [4.78, 5) is 0.267. The van der Waals surface area contributed by atoms with Crippen molar-refractivity contribution in [3.05, 3.63) is 35.4 Å². The molecule has 0 unspecified atom stereocenters. The van der Waals surface area contributed by atoms with E-state index in [2.05, 4.69) is 6.08 Å². The number of rotatable bonds is 3. The van der Waals surface area contributed by atoms with Crippen LogP contribution in [0.3, 0.4) is 0 Å². The fourth-order valence-electron chi connectivity index (χ4n) is 2.16. The summed E-state index contributed by atoms with van der Waals surface area (Å²) in [7, 11) is -3.21. The molecule has 0 radical (unpaired) electrons. The van der Waals surface area contributed by atoms with Gasteiger partial charge in [-0.2, -0.15) is 0 Å². The Morgan fingerprint density at radius 1 is 1.35 bits per heavy atom. The Kier molecular flexibility index (Phi) is 3.35. The molecule has 3 nitrogen and oxygen atoms in total. The van der Waals surface area contributed by atoms with Crippen LogP contribution in [-0.4, -0.2) is 19.8 Å². The molecule has 17 heavy (non-hydrogen) atoms. The lowest BCUT2D eigenvalue weighted by Gasteiger charge is -2.10. The van der Waals surface area contributed by atoms with Crippen molar-refractivity contribution in [2.45, 2.75) is 30.8 Å². The number of hydrogen-bond acceptors (Lipinski definition) is 3. The molecule has 1 aliphatic rings. The minimum absolute atomic E-state index is 0.129. The molecule has 2 rings (SSSR count). The molecule has 0 aromatic heterocycles. The first-order valence-corrected chi connectivity index (χ1v) is 7.55. The van der Waals surface area contributed by atoms with Crippen LogP contribution in [0, 0.1) is 0 Å². The summed E-state index contributed by atoms with van der Waals surface area (Å²) in [6, 6.07) is 4.99. The molecule has 0 aliphatic heterocycles. The van der Waals surface area contributed by atoms with E-state index in [0.717, 1.165) is 24.8 Å². The lowest BCUT2D eigenvalue weighted by molar-refractivity contribution is 0.281. The monoisotopic (exact) mass is 252 g/mol. The Morgan fingerprint density at radius 2 is 2.12 bits per heavy atom. The Bertz CT molecular complexity index is 556. The van der Waals surface area contributed by atoms with E-state index < -0.39 is 9.84 Å². The molecule has 92 valence electrons. The van der Waals surface area contributed by atoms with Gasteiger partial charge in [0.15, 0.2) is 9.84 Å². The van der Waals surface area contributed by atoms with Crippen LogP contribution in [0.25, 0.3) is 5.57 Å². The molecule has 4 heteroatoms. The quantitative estimate of drug-likeness (QED) is 0.896. The average Bonchev–Trinajstić information content (AvgIpc) is 2.80. The maximum Gasteiger partial charge on any atom is 0.175 e. The smallest absolute Gasteiger partial charge is 0.175 e. The second-order valence-corrected chi connectivity index (χ2v) is 6.39. The van der Waals surface area contributed by atoms with Crippen LogP contribution in [0.1, 0.15) is 30.4 Å². The largest absolute Gasteiger partial charge is 0.392 e. The summed E-state index contributed by atoms with van der Waals surface area (Å²) >= 11 is 0. The third-order valence-corrected chi connectivity index (χ3v) is 4.17. The molecule has 0 saturated heterocycles. The van der Waals surface area contributed by atoms with Gasteiger partial charge in [-0.05, 0) is 48.1 Å². The second-order valence-electron chi connectivity index (χ2n) is 4.37. The van der Waals surface area contributed by atoms with Crippen molar-refractivity contribution in [2.75, 3.05) is 6.26 Å². The summed E-state index contributed by atoms with van der Waals surface area (Å²) < 4.78 is 22.9. The van der Waals surface area contributed by atoms with Crippen LogP contribution < -0.4 is 0 Å². The van der Waals surface area contributed by atoms with E-state index in [1.807, 2.05) is 0 Å². The maximum atomic E-state index is 11.4. The lowest BCUT2D eigenvalue weighted by atomic mass is 10.00. The first-order chi connectivity index (χ1) is 8.02. The zero-order valence-corrected chi connectivity index (χ0v) is 10.6. The molecule has 0 amide bonds. The SMILES string of the molecule is CS(=O)(=O)c1ccc(C2=CCCC2)c(CO)c1. The first-order valence-electron chi connectivity index (χ1n) is 5.65. The highest BCUT2D eigenvalue weighted by Gasteiger charge is 2.14. The van der Waals surface area contributed by atoms with Gasteiger partial charge in [0.05, 0.1) is 11.5 Å². The average molecular weight is 252 g/mol. The van der Waals surface area contributed by atoms with Gasteiger partial charge in [0.2, 0.25) is 0 Å². The van der Waals surface area contributed by atoms with E-state index in [0.29, 0.717) is 5.56 Å². The number of sulfone groups is 1. The minimum Gasteiger partial charge on any atom is -0.392 e. The van der Waals surface area contributed by atoms with Crippen molar-refractivity contribution in [2.24, 2.45) is 0 Å². The van der Waals surface area contributed by atoms with E-state index in [1.165, 1.54) is 11.8 Å². The van der Waals surface area contributed by atoms with Crippen molar-refractivity contribution in [3.8, 4) is 0 Å². The standard InChI is InChI=1S/C13H16O3S/c1-17(15,16)12-6-7-13(11(8-12)9-14)10-4-2-3-5-10/h4,6-8,14H,2-3,5,9H2,1H3. The van der Waals surface area contributed by atoms with Gasteiger partial charge in [0, 0.05) is 6.26 Å². The summed E-state index contributed by atoms with van der Waals surface area (Å²) in [5, 5.41) is 9.35. The molecule has 0 spiro atoms. The molecular weight excluding hydrogens is 236 g/mol. The van der Waals surface area contributed by atoms with E-state index in [9.17, 15) is 13.5 Å². The van der Waals surface area contributed by atoms with Crippen molar-refractivity contribution >= 4 is 15.4 Å². The number of aliphatic hydroxyl groups excluding tert-OH is 1. The van der Waals surface area contributed by atoms with Crippen molar-refractivity contribution in [1.82, 2.24) is 0 Å². The van der Waals surface area contributed by atoms with Crippen LogP contribution in [0.4, 0.5) is 0 Å². The fraction of sp³-hybridized carbons (Fsp3) is 0.385. The summed E-state index contributed by atoms with van der Waals surface area (Å²) in [6.07, 6.45) is 6.54. The van der Waals surface area contributed by atoms with E-state index in [-0.39, 0.29) is 11.5 Å². The number of aliphatic hydroxyl groups is 1. The van der Waals surface area contributed by atoms with Crippen LogP contribution in [0.15, 0.2) is 29.2 Å². The normalized spacial score (nSPS) is 16.0. The molecular formula is C13H16O3S. The van der Waals surface area contributed by atoms with Gasteiger partial charge in [0.25, 0.3) is 0 Å². The van der Waals surface area contributed by atoms with Gasteiger partial charge < -0.3 is 5.11 Å². The lowest BCUT2D eigenvalue weighted by Crippen LogP contribution is -2.01. The molecule has 1 aromatic rings. The summed E-state index contributed by atoms with van der Waals surface area (Å²) in [6.45, 7) is -0.129. The Morgan fingerprint density at radius 3 is 2.65 bits per heavy atom. The van der Waals surface area contributed by atoms with Crippen molar-refractivity contribution in [1.29, 1.82) is 0 Å². The van der Waals surface area contributed by atoms with Gasteiger partial charge in [-0.15, -0.1) is 0 Å². The molecule has 0 atom stereocenters. The van der Waals surface area contributed by atoms with E-state index in [4.69, 9.17) is 0 Å². The summed E-state index contributed by atoms with van der Waals surface area (Å²) in [5.41, 5.74) is 2.90. The van der Waals surface area contributed by atoms with Crippen molar-refractivity contribution < 1.29 is 13.5 Å². The molecule has 0 bridgehead atoms. The van der Waals surface area contributed by atoms with E-state index >= 15 is 0 Å². The molecule has 0 fully saturated rings. The topological polar surface area (TPSA) is 54.4 Å². The number of benzene rings is 1. The van der Waals surface area contributed by atoms with Gasteiger partial charge in [-0.1, -0.05) is 12.1 Å². The molecule has 1 aliphatic carbocycles. The minimum atomic E-state index is -3.21. The third kappa shape index (κ3) is 2.58. The highest BCUT2D eigenvalue weighted by molar-refractivity contribution is 7.90. The van der Waals surface area contributed by atoms with Crippen LogP contribution in [0.5, 0.6) is 0 Å². The predicted octanol–water partition coefficient (Wildman–Crippen LogP) is 2.15.